The van der Waals surface area contributed by atoms with E-state index in [0.717, 1.165) is 0 Å². The third-order valence-corrected chi connectivity index (χ3v) is 2.70. The highest BCUT2D eigenvalue weighted by atomic mass is 79.9. The molecule has 0 spiro atoms. The van der Waals surface area contributed by atoms with Gasteiger partial charge in [0, 0.05) is 18.4 Å². The van der Waals surface area contributed by atoms with Gasteiger partial charge in [-0.25, -0.2) is 0 Å². The predicted molar refractivity (Wildman–Crippen MR) is 50.6 cm³/mol. The zero-order chi connectivity index (χ0) is 10.8. The van der Waals surface area contributed by atoms with Gasteiger partial charge < -0.3 is 4.74 Å². The molecule has 0 aromatic heterocycles. The highest BCUT2D eigenvalue weighted by Crippen LogP contribution is 2.20. The van der Waals surface area contributed by atoms with E-state index in [1.165, 1.54) is 4.90 Å². The summed E-state index contributed by atoms with van der Waals surface area (Å²) in [4.78, 5) is 1.39. The van der Waals surface area contributed by atoms with E-state index in [1.54, 1.807) is 6.92 Å². The van der Waals surface area contributed by atoms with Crippen molar-refractivity contribution in [1.82, 2.24) is 4.90 Å². The third kappa shape index (κ3) is 4.14. The van der Waals surface area contributed by atoms with Gasteiger partial charge in [0.15, 0.2) is 0 Å². The molecule has 0 saturated carbocycles. The Bertz CT molecular complexity index is 188. The van der Waals surface area contributed by atoms with Crippen LogP contribution in [0.15, 0.2) is 0 Å². The highest BCUT2D eigenvalue weighted by molar-refractivity contribution is 9.09. The number of alkyl halides is 4. The van der Waals surface area contributed by atoms with Gasteiger partial charge >= 0.3 is 6.18 Å². The molecule has 0 bridgehead atoms. The van der Waals surface area contributed by atoms with Crippen LogP contribution in [0, 0.1) is 0 Å². The van der Waals surface area contributed by atoms with E-state index in [1.807, 2.05) is 0 Å². The second-order valence-corrected chi connectivity index (χ2v) is 4.18. The summed E-state index contributed by atoms with van der Waals surface area (Å²) >= 11 is 3.21. The van der Waals surface area contributed by atoms with E-state index in [4.69, 9.17) is 4.74 Å². The van der Waals surface area contributed by atoms with E-state index in [0.29, 0.717) is 18.4 Å². The lowest BCUT2D eigenvalue weighted by atomic mass is 10.2. The molecule has 0 amide bonds. The predicted octanol–water partition coefficient (Wildman–Crippen LogP) is 2.03. The molecule has 14 heavy (non-hydrogen) atoms. The molecule has 0 aliphatic carbocycles. The number of morpholine rings is 1. The van der Waals surface area contributed by atoms with Crippen LogP contribution in [0.3, 0.4) is 0 Å². The molecule has 6 heteroatoms. The van der Waals surface area contributed by atoms with Gasteiger partial charge in [0.25, 0.3) is 0 Å². The summed E-state index contributed by atoms with van der Waals surface area (Å²) in [7, 11) is 0. The summed E-state index contributed by atoms with van der Waals surface area (Å²) in [5.41, 5.74) is 0. The highest BCUT2D eigenvalue weighted by Gasteiger charge is 2.34. The lowest BCUT2D eigenvalue weighted by molar-refractivity contribution is -0.165. The molecule has 0 radical (unpaired) electrons. The van der Waals surface area contributed by atoms with Gasteiger partial charge in [0.1, 0.15) is 0 Å². The van der Waals surface area contributed by atoms with E-state index in [-0.39, 0.29) is 12.2 Å². The van der Waals surface area contributed by atoms with Crippen LogP contribution in [0.1, 0.15) is 6.92 Å². The van der Waals surface area contributed by atoms with Gasteiger partial charge in [-0.15, -0.1) is 0 Å². The quantitative estimate of drug-likeness (QED) is 0.716. The van der Waals surface area contributed by atoms with Gasteiger partial charge in [-0.05, 0) is 6.92 Å². The number of hydrogen-bond acceptors (Lipinski definition) is 2. The average molecular weight is 276 g/mol. The Balaban J connectivity index is 2.45. The molecular formula is C8H13BrF3NO. The minimum Gasteiger partial charge on any atom is -0.372 e. The molecule has 2 atom stereocenters. The average Bonchev–Trinajstić information content (AvgIpc) is 1.99. The fraction of sp³-hybridized carbons (Fsp3) is 1.00. The Hall–Kier alpha value is 0.190. The smallest absolute Gasteiger partial charge is 0.372 e. The molecule has 1 rings (SSSR count). The van der Waals surface area contributed by atoms with Crippen LogP contribution in [-0.4, -0.2) is 48.2 Å². The van der Waals surface area contributed by atoms with E-state index < -0.39 is 12.7 Å². The molecule has 0 N–H and O–H groups in total. The van der Waals surface area contributed by atoms with Crippen molar-refractivity contribution >= 4 is 15.9 Å². The summed E-state index contributed by atoms with van der Waals surface area (Å²) in [5, 5.41) is 0.575. The van der Waals surface area contributed by atoms with Gasteiger partial charge in [0.05, 0.1) is 18.8 Å². The largest absolute Gasteiger partial charge is 0.401 e. The van der Waals surface area contributed by atoms with E-state index >= 15 is 0 Å². The van der Waals surface area contributed by atoms with Gasteiger partial charge in [-0.3, -0.25) is 4.90 Å². The summed E-state index contributed by atoms with van der Waals surface area (Å²) in [6.07, 6.45) is -4.39. The van der Waals surface area contributed by atoms with Crippen molar-refractivity contribution in [3.05, 3.63) is 0 Å². The van der Waals surface area contributed by atoms with Gasteiger partial charge in [0.2, 0.25) is 0 Å². The fourth-order valence-electron chi connectivity index (χ4n) is 1.61. The molecule has 0 aromatic rings. The van der Waals surface area contributed by atoms with E-state index in [2.05, 4.69) is 15.9 Å². The van der Waals surface area contributed by atoms with E-state index in [9.17, 15) is 13.2 Å². The molecular weight excluding hydrogens is 263 g/mol. The first-order valence-corrected chi connectivity index (χ1v) is 5.53. The molecule has 1 aliphatic heterocycles. The second-order valence-electron chi connectivity index (χ2n) is 3.53. The van der Waals surface area contributed by atoms with Crippen LogP contribution >= 0.6 is 15.9 Å². The van der Waals surface area contributed by atoms with Crippen LogP contribution in [0.4, 0.5) is 13.2 Å². The molecule has 1 heterocycles. The Morgan fingerprint density at radius 3 is 2.57 bits per heavy atom. The van der Waals surface area contributed by atoms with Crippen LogP contribution in [0.25, 0.3) is 0 Å². The van der Waals surface area contributed by atoms with Gasteiger partial charge in [-0.1, -0.05) is 15.9 Å². The summed E-state index contributed by atoms with van der Waals surface area (Å²) in [6, 6.07) is 0. The molecule has 1 aliphatic rings. The topological polar surface area (TPSA) is 12.5 Å². The van der Waals surface area contributed by atoms with Crippen molar-refractivity contribution in [1.29, 1.82) is 0 Å². The molecule has 84 valence electrons. The number of hydrogen-bond donors (Lipinski definition) is 0. The molecule has 1 fully saturated rings. The zero-order valence-electron chi connectivity index (χ0n) is 7.85. The van der Waals surface area contributed by atoms with Crippen LogP contribution in [-0.2, 0) is 4.74 Å². The van der Waals surface area contributed by atoms with Crippen molar-refractivity contribution in [3.63, 3.8) is 0 Å². The number of rotatable bonds is 2. The van der Waals surface area contributed by atoms with Crippen molar-refractivity contribution in [3.8, 4) is 0 Å². The molecule has 0 aromatic carbocycles. The Labute approximate surface area is 89.5 Å². The Kier molecular flexibility index (Phi) is 4.21. The van der Waals surface area contributed by atoms with Crippen molar-refractivity contribution in [2.24, 2.45) is 0 Å². The normalized spacial score (nSPS) is 30.6. The van der Waals surface area contributed by atoms with Crippen molar-refractivity contribution in [2.75, 3.05) is 25.0 Å². The first kappa shape index (κ1) is 12.3. The van der Waals surface area contributed by atoms with Crippen molar-refractivity contribution in [2.45, 2.75) is 25.3 Å². The maximum Gasteiger partial charge on any atom is 0.401 e. The first-order chi connectivity index (χ1) is 6.40. The van der Waals surface area contributed by atoms with Crippen LogP contribution < -0.4 is 0 Å². The number of nitrogens with zero attached hydrogens (tertiary/aromatic N) is 1. The minimum atomic E-state index is -4.12. The Morgan fingerprint density at radius 2 is 2.07 bits per heavy atom. The summed E-state index contributed by atoms with van der Waals surface area (Å²) in [5.74, 6) is 0. The monoisotopic (exact) mass is 275 g/mol. The second kappa shape index (κ2) is 4.81. The lowest BCUT2D eigenvalue weighted by Gasteiger charge is -2.36. The fourth-order valence-corrected chi connectivity index (χ4v) is 1.97. The minimum absolute atomic E-state index is 0.131. The maximum atomic E-state index is 12.1. The zero-order valence-corrected chi connectivity index (χ0v) is 9.44. The van der Waals surface area contributed by atoms with Crippen LogP contribution in [0.2, 0.25) is 0 Å². The summed E-state index contributed by atoms with van der Waals surface area (Å²) < 4.78 is 41.7. The number of ether oxygens (including phenoxy) is 1. The van der Waals surface area contributed by atoms with Crippen LogP contribution in [0.5, 0.6) is 0 Å². The molecule has 2 nitrogen and oxygen atoms in total. The van der Waals surface area contributed by atoms with Crippen molar-refractivity contribution < 1.29 is 17.9 Å². The Morgan fingerprint density at radius 1 is 1.43 bits per heavy atom. The standard InChI is InChI=1S/C8H13BrF3NO/c1-6-3-13(5-8(10,11)12)4-7(2-9)14-6/h6-7H,2-5H2,1H3. The lowest BCUT2D eigenvalue weighted by Crippen LogP contribution is -2.50. The SMILES string of the molecule is CC1CN(CC(F)(F)F)CC(CBr)O1. The molecule has 1 saturated heterocycles. The summed E-state index contributed by atoms with van der Waals surface area (Å²) in [6.45, 7) is 1.64. The third-order valence-electron chi connectivity index (χ3n) is 1.98. The maximum absolute atomic E-state index is 12.1. The first-order valence-electron chi connectivity index (χ1n) is 4.41. The molecule has 2 unspecified atom stereocenters. The van der Waals surface area contributed by atoms with Gasteiger partial charge in [-0.2, -0.15) is 13.2 Å². The number of halogens is 4.